The van der Waals surface area contributed by atoms with Crippen molar-refractivity contribution >= 4 is 82.5 Å². The van der Waals surface area contributed by atoms with Crippen molar-refractivity contribution < 1.29 is 8.83 Å². The summed E-state index contributed by atoms with van der Waals surface area (Å²) in [7, 11) is 0. The average Bonchev–Trinajstić information content (AvgIpc) is 3.88. The summed E-state index contributed by atoms with van der Waals surface area (Å²) < 4.78 is 12.8. The highest BCUT2D eigenvalue weighted by molar-refractivity contribution is 6.15. The predicted molar refractivity (Wildman–Crippen MR) is 247 cm³/mol. The highest BCUT2D eigenvalue weighted by Crippen LogP contribution is 2.46. The Morgan fingerprint density at radius 1 is 0.288 bits per heavy atom. The summed E-state index contributed by atoms with van der Waals surface area (Å²) >= 11 is 0. The fourth-order valence-corrected chi connectivity index (χ4v) is 9.13. The molecule has 0 aliphatic heterocycles. The zero-order valence-corrected chi connectivity index (χ0v) is 32.0. The normalized spacial score (nSPS) is 11.7. The number of hydrogen-bond donors (Lipinski definition) is 0. The number of furan rings is 2. The second-order valence-electron chi connectivity index (χ2n) is 15.2. The van der Waals surface area contributed by atoms with Gasteiger partial charge in [-0.1, -0.05) is 152 Å². The Morgan fingerprint density at radius 3 is 1.71 bits per heavy atom. The number of para-hydroxylation sites is 2. The van der Waals surface area contributed by atoms with Crippen LogP contribution < -0.4 is 4.90 Å². The van der Waals surface area contributed by atoms with E-state index in [-0.39, 0.29) is 0 Å². The third-order valence-corrected chi connectivity index (χ3v) is 11.9. The van der Waals surface area contributed by atoms with E-state index in [0.29, 0.717) is 0 Å². The van der Waals surface area contributed by atoms with Crippen molar-refractivity contribution in [1.82, 2.24) is 0 Å². The topological polar surface area (TPSA) is 29.5 Å². The summed E-state index contributed by atoms with van der Waals surface area (Å²) in [4.78, 5) is 2.39. The maximum absolute atomic E-state index is 6.52. The second-order valence-corrected chi connectivity index (χ2v) is 15.2. The minimum atomic E-state index is 0.849. The summed E-state index contributed by atoms with van der Waals surface area (Å²) in [6.07, 6.45) is 0. The third kappa shape index (κ3) is 5.44. The third-order valence-electron chi connectivity index (χ3n) is 11.9. The maximum atomic E-state index is 6.52. The standard InChI is InChI=1S/C56H35NO2/c1-2-13-36(14-3-1)43-31-27-39(50-33-38-15-4-5-16-42(38)45-17-6-7-18-46(45)50)34-51(43)57(41-30-32-48-47-19-8-10-22-52(47)59-55(48)35-41)40-28-25-37(26-29-40)44-21-12-24-54-56(44)49-20-9-11-23-53(49)58-54/h1-35H. The Morgan fingerprint density at radius 2 is 0.881 bits per heavy atom. The van der Waals surface area contributed by atoms with Gasteiger partial charge in [0.2, 0.25) is 0 Å². The minimum Gasteiger partial charge on any atom is -0.456 e. The number of anilines is 3. The van der Waals surface area contributed by atoms with E-state index in [1.807, 2.05) is 24.3 Å². The lowest BCUT2D eigenvalue weighted by Crippen LogP contribution is -2.11. The first kappa shape index (κ1) is 33.3. The molecule has 12 aromatic rings. The number of nitrogens with zero attached hydrogens (tertiary/aromatic N) is 1. The molecule has 2 heterocycles. The van der Waals surface area contributed by atoms with Gasteiger partial charge in [0.15, 0.2) is 0 Å². The van der Waals surface area contributed by atoms with E-state index in [0.717, 1.165) is 88.8 Å². The van der Waals surface area contributed by atoms with Crippen LogP contribution in [0, 0.1) is 0 Å². The van der Waals surface area contributed by atoms with Crippen LogP contribution in [-0.4, -0.2) is 0 Å². The van der Waals surface area contributed by atoms with Gasteiger partial charge < -0.3 is 13.7 Å². The Balaban J connectivity index is 1.10. The van der Waals surface area contributed by atoms with Crippen LogP contribution in [-0.2, 0) is 0 Å². The van der Waals surface area contributed by atoms with Gasteiger partial charge in [-0.25, -0.2) is 0 Å². The van der Waals surface area contributed by atoms with Crippen LogP contribution in [0.1, 0.15) is 0 Å². The Labute approximate surface area is 340 Å². The average molecular weight is 754 g/mol. The molecule has 0 unspecified atom stereocenters. The SMILES string of the molecule is c1ccc(-c2ccc(-c3cc4ccccc4c4ccccc34)cc2N(c2ccc(-c3cccc4oc5ccccc5c34)cc2)c2ccc3c(c2)oc2ccccc23)cc1. The van der Waals surface area contributed by atoms with Gasteiger partial charge in [0.05, 0.1) is 5.69 Å². The summed E-state index contributed by atoms with van der Waals surface area (Å²) in [5.74, 6) is 0. The molecular weight excluding hydrogens is 719 g/mol. The van der Waals surface area contributed by atoms with Gasteiger partial charge in [0, 0.05) is 44.5 Å². The number of fused-ring (bicyclic) bond motifs is 9. The molecule has 0 fully saturated rings. The molecule has 0 saturated carbocycles. The molecule has 10 aromatic carbocycles. The van der Waals surface area contributed by atoms with Crippen molar-refractivity contribution in [2.75, 3.05) is 4.90 Å². The molecule has 59 heavy (non-hydrogen) atoms. The van der Waals surface area contributed by atoms with E-state index in [9.17, 15) is 0 Å². The predicted octanol–water partition coefficient (Wildman–Crippen LogP) is 16.3. The molecule has 0 radical (unpaired) electrons. The minimum absolute atomic E-state index is 0.849. The fourth-order valence-electron chi connectivity index (χ4n) is 9.13. The van der Waals surface area contributed by atoms with E-state index in [4.69, 9.17) is 8.83 Å². The zero-order valence-electron chi connectivity index (χ0n) is 32.0. The monoisotopic (exact) mass is 753 g/mol. The molecule has 3 nitrogen and oxygen atoms in total. The van der Waals surface area contributed by atoms with Gasteiger partial charge in [0.1, 0.15) is 22.3 Å². The number of rotatable bonds is 6. The Hall–Kier alpha value is -7.88. The van der Waals surface area contributed by atoms with E-state index < -0.39 is 0 Å². The Bertz CT molecular complexity index is 3560. The van der Waals surface area contributed by atoms with Crippen LogP contribution in [0.4, 0.5) is 17.1 Å². The second kappa shape index (κ2) is 13.4. The zero-order chi connectivity index (χ0) is 38.9. The van der Waals surface area contributed by atoms with Crippen LogP contribution in [0.3, 0.4) is 0 Å². The molecule has 3 heteroatoms. The molecule has 0 amide bonds. The molecule has 0 atom stereocenters. The molecule has 276 valence electrons. The number of benzene rings is 10. The van der Waals surface area contributed by atoms with Crippen molar-refractivity contribution in [3.05, 3.63) is 212 Å². The molecule has 2 aromatic heterocycles. The molecule has 0 saturated heterocycles. The van der Waals surface area contributed by atoms with Crippen molar-refractivity contribution in [3.63, 3.8) is 0 Å². The fraction of sp³-hybridized carbons (Fsp3) is 0. The quantitative estimate of drug-likeness (QED) is 0.158. The van der Waals surface area contributed by atoms with E-state index in [1.165, 1.54) is 27.1 Å². The van der Waals surface area contributed by atoms with Crippen LogP contribution in [0.5, 0.6) is 0 Å². The largest absolute Gasteiger partial charge is 0.456 e. The molecule has 12 rings (SSSR count). The van der Waals surface area contributed by atoms with Gasteiger partial charge in [-0.05, 0) is 104 Å². The molecule has 0 bridgehead atoms. The lowest BCUT2D eigenvalue weighted by Gasteiger charge is -2.29. The lowest BCUT2D eigenvalue weighted by molar-refractivity contribution is 0.668. The van der Waals surface area contributed by atoms with Crippen LogP contribution in [0.2, 0.25) is 0 Å². The summed E-state index contributed by atoms with van der Waals surface area (Å²) in [6.45, 7) is 0. The molecule has 0 spiro atoms. The van der Waals surface area contributed by atoms with Gasteiger partial charge in [-0.2, -0.15) is 0 Å². The van der Waals surface area contributed by atoms with Crippen LogP contribution >= 0.6 is 0 Å². The highest BCUT2D eigenvalue weighted by Gasteiger charge is 2.22. The summed E-state index contributed by atoms with van der Waals surface area (Å²) in [5.41, 5.74) is 13.5. The van der Waals surface area contributed by atoms with Gasteiger partial charge in [-0.3, -0.25) is 0 Å². The van der Waals surface area contributed by atoms with E-state index in [1.54, 1.807) is 0 Å². The van der Waals surface area contributed by atoms with Crippen molar-refractivity contribution in [1.29, 1.82) is 0 Å². The van der Waals surface area contributed by atoms with Gasteiger partial charge >= 0.3 is 0 Å². The van der Waals surface area contributed by atoms with Crippen molar-refractivity contribution in [2.24, 2.45) is 0 Å². The van der Waals surface area contributed by atoms with E-state index in [2.05, 4.69) is 193 Å². The van der Waals surface area contributed by atoms with Crippen LogP contribution in [0.25, 0.3) is 98.8 Å². The lowest BCUT2D eigenvalue weighted by atomic mass is 9.91. The van der Waals surface area contributed by atoms with Gasteiger partial charge in [-0.15, -0.1) is 0 Å². The maximum Gasteiger partial charge on any atom is 0.137 e. The molecular formula is C56H35NO2. The Kier molecular flexibility index (Phi) is 7.54. The summed E-state index contributed by atoms with van der Waals surface area (Å²) in [5, 5.41) is 9.41. The van der Waals surface area contributed by atoms with Crippen LogP contribution in [0.15, 0.2) is 221 Å². The first-order valence-corrected chi connectivity index (χ1v) is 20.1. The first-order valence-electron chi connectivity index (χ1n) is 20.1. The first-order chi connectivity index (χ1) is 29.2. The smallest absolute Gasteiger partial charge is 0.137 e. The highest BCUT2D eigenvalue weighted by atomic mass is 16.3. The van der Waals surface area contributed by atoms with E-state index >= 15 is 0 Å². The molecule has 0 N–H and O–H groups in total. The summed E-state index contributed by atoms with van der Waals surface area (Å²) in [6, 6.07) is 75.9. The van der Waals surface area contributed by atoms with Crippen molar-refractivity contribution in [3.8, 4) is 33.4 Å². The molecule has 0 aliphatic carbocycles. The molecule has 0 aliphatic rings. The van der Waals surface area contributed by atoms with Crippen molar-refractivity contribution in [2.45, 2.75) is 0 Å². The van der Waals surface area contributed by atoms with Gasteiger partial charge in [0.25, 0.3) is 0 Å². The number of hydrogen-bond acceptors (Lipinski definition) is 3.